The van der Waals surface area contributed by atoms with E-state index < -0.39 is 5.82 Å². The molecule has 3 N–H and O–H groups in total. The topological polar surface area (TPSA) is 55.1 Å². The first kappa shape index (κ1) is 13.8. The highest BCUT2D eigenvalue weighted by Gasteiger charge is 2.48. The van der Waals surface area contributed by atoms with E-state index in [1.165, 1.54) is 12.1 Å². The maximum Gasteiger partial charge on any atom is 0.225 e. The van der Waals surface area contributed by atoms with Crippen LogP contribution in [0.3, 0.4) is 0 Å². The first-order chi connectivity index (χ1) is 9.56. The minimum Gasteiger partial charge on any atom is -0.352 e. The quantitative estimate of drug-likeness (QED) is 0.900. The molecule has 2 aliphatic carbocycles. The van der Waals surface area contributed by atoms with Crippen molar-refractivity contribution in [3.8, 4) is 0 Å². The molecule has 0 spiro atoms. The summed E-state index contributed by atoms with van der Waals surface area (Å²) < 4.78 is 13.1. The van der Waals surface area contributed by atoms with E-state index in [-0.39, 0.29) is 22.9 Å². The maximum absolute atomic E-state index is 13.1. The Morgan fingerprint density at radius 2 is 2.15 bits per heavy atom. The molecule has 5 heteroatoms. The van der Waals surface area contributed by atoms with Crippen molar-refractivity contribution in [2.75, 3.05) is 0 Å². The molecule has 4 unspecified atom stereocenters. The summed E-state index contributed by atoms with van der Waals surface area (Å²) >= 11 is 5.72. The van der Waals surface area contributed by atoms with E-state index in [2.05, 4.69) is 5.32 Å². The van der Waals surface area contributed by atoms with Crippen LogP contribution in [0, 0.1) is 23.6 Å². The van der Waals surface area contributed by atoms with Gasteiger partial charge in [-0.15, -0.1) is 0 Å². The highest BCUT2D eigenvalue weighted by molar-refractivity contribution is 6.30. The molecule has 1 amide bonds. The number of hydrogen-bond donors (Lipinski definition) is 2. The fraction of sp³-hybridized carbons (Fsp3) is 0.533. The first-order valence-electron chi connectivity index (χ1n) is 7.03. The molecule has 4 atom stereocenters. The number of benzene rings is 1. The monoisotopic (exact) mass is 296 g/mol. The molecule has 2 aliphatic rings. The predicted octanol–water partition coefficient (Wildman–Crippen LogP) is 2.47. The number of nitrogens with two attached hydrogens (primary N) is 1. The van der Waals surface area contributed by atoms with E-state index in [1.54, 1.807) is 6.07 Å². The molecule has 0 aromatic heterocycles. The lowest BCUT2D eigenvalue weighted by atomic mass is 9.84. The van der Waals surface area contributed by atoms with Gasteiger partial charge in [-0.3, -0.25) is 4.79 Å². The predicted molar refractivity (Wildman–Crippen MR) is 75.6 cm³/mol. The number of rotatable bonds is 3. The number of carbonyl (C=O) groups is 1. The molecule has 3 rings (SSSR count). The van der Waals surface area contributed by atoms with Crippen LogP contribution < -0.4 is 11.1 Å². The third kappa shape index (κ3) is 2.42. The van der Waals surface area contributed by atoms with Crippen molar-refractivity contribution in [2.45, 2.75) is 31.8 Å². The second kappa shape index (κ2) is 5.34. The average Bonchev–Trinajstić information content (AvgIpc) is 3.00. The summed E-state index contributed by atoms with van der Waals surface area (Å²) in [5, 5.41) is 2.98. The number of amides is 1. The van der Waals surface area contributed by atoms with Gasteiger partial charge >= 0.3 is 0 Å². The molecule has 3 nitrogen and oxygen atoms in total. The molecule has 0 heterocycles. The summed E-state index contributed by atoms with van der Waals surface area (Å²) in [6, 6.07) is 4.47. The highest BCUT2D eigenvalue weighted by Crippen LogP contribution is 2.47. The number of halogens is 2. The smallest absolute Gasteiger partial charge is 0.225 e. The SMILES string of the molecule is NC1C2CCC(C2)C1C(=O)NCc1ccc(F)c(Cl)c1. The van der Waals surface area contributed by atoms with Gasteiger partial charge in [0.2, 0.25) is 5.91 Å². The minimum absolute atomic E-state index is 0.00874. The third-order valence-electron chi connectivity index (χ3n) is 4.73. The number of nitrogens with one attached hydrogen (secondary N) is 1. The Bertz CT molecular complexity index is 535. The van der Waals surface area contributed by atoms with Crippen LogP contribution in [0.5, 0.6) is 0 Å². The van der Waals surface area contributed by atoms with Gasteiger partial charge in [-0.25, -0.2) is 4.39 Å². The van der Waals surface area contributed by atoms with Crippen molar-refractivity contribution in [1.29, 1.82) is 0 Å². The lowest BCUT2D eigenvalue weighted by molar-refractivity contribution is -0.127. The normalized spacial score (nSPS) is 31.6. The van der Waals surface area contributed by atoms with Gasteiger partial charge in [-0.1, -0.05) is 17.7 Å². The Morgan fingerprint density at radius 1 is 1.40 bits per heavy atom. The van der Waals surface area contributed by atoms with Crippen molar-refractivity contribution in [3.63, 3.8) is 0 Å². The van der Waals surface area contributed by atoms with Gasteiger partial charge in [-0.05, 0) is 48.8 Å². The zero-order chi connectivity index (χ0) is 14.3. The van der Waals surface area contributed by atoms with Crippen molar-refractivity contribution in [2.24, 2.45) is 23.5 Å². The molecule has 0 saturated heterocycles. The summed E-state index contributed by atoms with van der Waals surface area (Å²) in [5.74, 6) is 0.453. The Hall–Kier alpha value is -1.13. The van der Waals surface area contributed by atoms with E-state index in [9.17, 15) is 9.18 Å². The van der Waals surface area contributed by atoms with Crippen LogP contribution in [0.1, 0.15) is 24.8 Å². The fourth-order valence-electron chi connectivity index (χ4n) is 3.68. The maximum atomic E-state index is 13.1. The summed E-state index contributed by atoms with van der Waals surface area (Å²) in [5.41, 5.74) is 6.94. The Labute approximate surface area is 122 Å². The molecule has 0 radical (unpaired) electrons. The van der Waals surface area contributed by atoms with Crippen LogP contribution in [-0.2, 0) is 11.3 Å². The summed E-state index contributed by atoms with van der Waals surface area (Å²) in [6.45, 7) is 0.361. The summed E-state index contributed by atoms with van der Waals surface area (Å²) in [7, 11) is 0. The molecule has 2 fully saturated rings. The van der Waals surface area contributed by atoms with Gasteiger partial charge in [0.1, 0.15) is 5.82 Å². The molecule has 108 valence electrons. The summed E-state index contributed by atoms with van der Waals surface area (Å²) in [4.78, 5) is 12.3. The van der Waals surface area contributed by atoms with E-state index in [4.69, 9.17) is 17.3 Å². The van der Waals surface area contributed by atoms with Crippen molar-refractivity contribution < 1.29 is 9.18 Å². The van der Waals surface area contributed by atoms with E-state index in [0.717, 1.165) is 24.8 Å². The number of carbonyl (C=O) groups excluding carboxylic acids is 1. The molecular weight excluding hydrogens is 279 g/mol. The second-order valence-corrected chi connectivity index (χ2v) is 6.31. The lowest BCUT2D eigenvalue weighted by Gasteiger charge is -2.27. The Kier molecular flexibility index (Phi) is 3.69. The van der Waals surface area contributed by atoms with E-state index in [0.29, 0.717) is 18.4 Å². The van der Waals surface area contributed by atoms with E-state index in [1.807, 2.05) is 0 Å². The number of hydrogen-bond acceptors (Lipinski definition) is 2. The standard InChI is InChI=1S/C15H18ClFN2O/c16-11-5-8(1-4-12(11)17)7-19-15(20)13-9-2-3-10(6-9)14(13)18/h1,4-5,9-10,13-14H,2-3,6-7,18H2,(H,19,20). The van der Waals surface area contributed by atoms with Crippen LogP contribution in [-0.4, -0.2) is 11.9 Å². The van der Waals surface area contributed by atoms with Gasteiger partial charge < -0.3 is 11.1 Å². The van der Waals surface area contributed by atoms with Gasteiger partial charge in [0.05, 0.1) is 10.9 Å². The van der Waals surface area contributed by atoms with Crippen molar-refractivity contribution in [1.82, 2.24) is 5.32 Å². The lowest BCUT2D eigenvalue weighted by Crippen LogP contribution is -2.45. The minimum atomic E-state index is -0.447. The van der Waals surface area contributed by atoms with E-state index >= 15 is 0 Å². The Balaban J connectivity index is 1.61. The Morgan fingerprint density at radius 3 is 2.80 bits per heavy atom. The highest BCUT2D eigenvalue weighted by atomic mass is 35.5. The average molecular weight is 297 g/mol. The molecule has 1 aromatic rings. The van der Waals surface area contributed by atoms with Crippen LogP contribution in [0.25, 0.3) is 0 Å². The molecular formula is C15H18ClFN2O. The zero-order valence-electron chi connectivity index (χ0n) is 11.1. The van der Waals surface area contributed by atoms with Crippen LogP contribution >= 0.6 is 11.6 Å². The largest absolute Gasteiger partial charge is 0.352 e. The molecule has 2 saturated carbocycles. The van der Waals surface area contributed by atoms with Crippen molar-refractivity contribution in [3.05, 3.63) is 34.6 Å². The molecule has 1 aromatic carbocycles. The third-order valence-corrected chi connectivity index (χ3v) is 5.02. The van der Waals surface area contributed by atoms with Crippen molar-refractivity contribution >= 4 is 17.5 Å². The van der Waals surface area contributed by atoms with Gasteiger partial charge in [0.25, 0.3) is 0 Å². The second-order valence-electron chi connectivity index (χ2n) is 5.90. The fourth-order valence-corrected chi connectivity index (χ4v) is 3.88. The van der Waals surface area contributed by atoms with Gasteiger partial charge in [0, 0.05) is 12.6 Å². The van der Waals surface area contributed by atoms with Crippen LogP contribution in [0.15, 0.2) is 18.2 Å². The molecule has 20 heavy (non-hydrogen) atoms. The first-order valence-corrected chi connectivity index (χ1v) is 7.41. The summed E-state index contributed by atoms with van der Waals surface area (Å²) in [6.07, 6.45) is 3.35. The van der Waals surface area contributed by atoms with Gasteiger partial charge in [0.15, 0.2) is 0 Å². The van der Waals surface area contributed by atoms with Crippen LogP contribution in [0.2, 0.25) is 5.02 Å². The van der Waals surface area contributed by atoms with Gasteiger partial charge in [-0.2, -0.15) is 0 Å². The number of fused-ring (bicyclic) bond motifs is 2. The molecule has 0 aliphatic heterocycles. The van der Waals surface area contributed by atoms with Crippen LogP contribution in [0.4, 0.5) is 4.39 Å². The zero-order valence-corrected chi connectivity index (χ0v) is 11.9. The molecule has 2 bridgehead atoms.